The lowest BCUT2D eigenvalue weighted by molar-refractivity contribution is 0.0924. The maximum atomic E-state index is 12.3. The number of aryl methyl sites for hydroxylation is 3. The van der Waals surface area contributed by atoms with Gasteiger partial charge in [-0.05, 0) is 25.3 Å². The number of carbonyl (C=O) groups excluding carboxylic acids is 1. The Bertz CT molecular complexity index is 660. The van der Waals surface area contributed by atoms with Gasteiger partial charge in [0.1, 0.15) is 5.69 Å². The van der Waals surface area contributed by atoms with Crippen molar-refractivity contribution in [1.82, 2.24) is 25.3 Å². The van der Waals surface area contributed by atoms with Crippen molar-refractivity contribution in [2.75, 3.05) is 0 Å². The summed E-state index contributed by atoms with van der Waals surface area (Å²) >= 11 is 6.13. The van der Waals surface area contributed by atoms with E-state index < -0.39 is 0 Å². The number of carbonyl (C=O) groups is 1. The van der Waals surface area contributed by atoms with Crippen molar-refractivity contribution in [3.8, 4) is 0 Å². The van der Waals surface area contributed by atoms with Crippen molar-refractivity contribution in [3.63, 3.8) is 0 Å². The molecule has 1 amide bonds. The molecule has 0 saturated heterocycles. The van der Waals surface area contributed by atoms with Crippen LogP contribution in [-0.2, 0) is 19.9 Å². The van der Waals surface area contributed by atoms with E-state index >= 15 is 0 Å². The monoisotopic (exact) mass is 293 g/mol. The molecule has 1 aliphatic carbocycles. The molecule has 7 heteroatoms. The van der Waals surface area contributed by atoms with E-state index in [0.29, 0.717) is 16.4 Å². The summed E-state index contributed by atoms with van der Waals surface area (Å²) in [5, 5.41) is 14.6. The topological polar surface area (TPSA) is 75.6 Å². The van der Waals surface area contributed by atoms with Crippen molar-refractivity contribution in [2.24, 2.45) is 7.05 Å². The van der Waals surface area contributed by atoms with Gasteiger partial charge in [0.05, 0.1) is 16.9 Å². The predicted molar refractivity (Wildman–Crippen MR) is 74.8 cm³/mol. The minimum Gasteiger partial charge on any atom is -0.348 e. The standard InChI is InChI=1S/C13H16ClN5O/c1-7-11(14)12(19(2)18-7)13(20)16-9-4-3-8-6-15-17-10(8)5-9/h6,9H,3-5H2,1-2H3,(H,15,17)(H,16,20)/t9-/m0/s1. The maximum absolute atomic E-state index is 12.3. The largest absolute Gasteiger partial charge is 0.348 e. The molecule has 2 N–H and O–H groups in total. The Morgan fingerprint density at radius 3 is 3.10 bits per heavy atom. The number of amides is 1. The van der Waals surface area contributed by atoms with Crippen molar-refractivity contribution in [3.05, 3.63) is 33.9 Å². The third-order valence-corrected chi connectivity index (χ3v) is 4.17. The third-order valence-electron chi connectivity index (χ3n) is 3.72. The van der Waals surface area contributed by atoms with Gasteiger partial charge in [-0.25, -0.2) is 0 Å². The van der Waals surface area contributed by atoms with Crippen LogP contribution in [0.5, 0.6) is 0 Å². The van der Waals surface area contributed by atoms with Gasteiger partial charge >= 0.3 is 0 Å². The van der Waals surface area contributed by atoms with Crippen LogP contribution in [0.25, 0.3) is 0 Å². The number of hydrogen-bond acceptors (Lipinski definition) is 3. The maximum Gasteiger partial charge on any atom is 0.271 e. The predicted octanol–water partition coefficient (Wildman–Crippen LogP) is 1.39. The molecule has 0 radical (unpaired) electrons. The highest BCUT2D eigenvalue weighted by atomic mass is 35.5. The molecule has 0 aromatic carbocycles. The van der Waals surface area contributed by atoms with Crippen molar-refractivity contribution < 1.29 is 4.79 Å². The highest BCUT2D eigenvalue weighted by Crippen LogP contribution is 2.22. The highest BCUT2D eigenvalue weighted by molar-refractivity contribution is 6.34. The van der Waals surface area contributed by atoms with Crippen LogP contribution in [0.2, 0.25) is 5.02 Å². The summed E-state index contributed by atoms with van der Waals surface area (Å²) in [5.74, 6) is -0.175. The first-order valence-corrected chi connectivity index (χ1v) is 6.95. The average molecular weight is 294 g/mol. The van der Waals surface area contributed by atoms with Crippen molar-refractivity contribution in [1.29, 1.82) is 0 Å². The lowest BCUT2D eigenvalue weighted by Crippen LogP contribution is -2.39. The fourth-order valence-electron chi connectivity index (χ4n) is 2.66. The summed E-state index contributed by atoms with van der Waals surface area (Å²) < 4.78 is 1.53. The van der Waals surface area contributed by atoms with E-state index in [1.807, 2.05) is 6.20 Å². The van der Waals surface area contributed by atoms with Crippen LogP contribution in [0.3, 0.4) is 0 Å². The second kappa shape index (κ2) is 4.94. The van der Waals surface area contributed by atoms with Crippen LogP contribution < -0.4 is 5.32 Å². The molecular formula is C13H16ClN5O. The number of fused-ring (bicyclic) bond motifs is 1. The van der Waals surface area contributed by atoms with Crippen LogP contribution >= 0.6 is 11.6 Å². The van der Waals surface area contributed by atoms with E-state index in [4.69, 9.17) is 11.6 Å². The van der Waals surface area contributed by atoms with Gasteiger partial charge in [0.2, 0.25) is 0 Å². The summed E-state index contributed by atoms with van der Waals surface area (Å²) in [4.78, 5) is 12.3. The van der Waals surface area contributed by atoms with Crippen LogP contribution in [0, 0.1) is 6.92 Å². The van der Waals surface area contributed by atoms with Crippen LogP contribution in [0.4, 0.5) is 0 Å². The SMILES string of the molecule is Cc1nn(C)c(C(=O)N[C@H]2CCc3cn[nH]c3C2)c1Cl. The molecule has 0 bridgehead atoms. The molecular weight excluding hydrogens is 278 g/mol. The molecule has 106 valence electrons. The minimum atomic E-state index is -0.175. The van der Waals surface area contributed by atoms with E-state index in [-0.39, 0.29) is 11.9 Å². The molecule has 0 spiro atoms. The number of nitrogens with one attached hydrogen (secondary N) is 2. The fraction of sp³-hybridized carbons (Fsp3) is 0.462. The Morgan fingerprint density at radius 2 is 2.40 bits per heavy atom. The summed E-state index contributed by atoms with van der Waals surface area (Å²) in [6, 6.07) is 0.0988. The van der Waals surface area contributed by atoms with Gasteiger partial charge in [0, 0.05) is 25.2 Å². The Balaban J connectivity index is 1.74. The van der Waals surface area contributed by atoms with E-state index in [0.717, 1.165) is 25.0 Å². The Kier molecular flexibility index (Phi) is 3.25. The molecule has 0 aliphatic heterocycles. The zero-order valence-electron chi connectivity index (χ0n) is 11.4. The number of rotatable bonds is 2. The third kappa shape index (κ3) is 2.20. The number of halogens is 1. The number of hydrogen-bond donors (Lipinski definition) is 2. The second-order valence-corrected chi connectivity index (χ2v) is 5.54. The zero-order valence-corrected chi connectivity index (χ0v) is 12.2. The van der Waals surface area contributed by atoms with Gasteiger partial charge in [-0.1, -0.05) is 11.6 Å². The summed E-state index contributed by atoms with van der Waals surface area (Å²) in [6.07, 6.45) is 4.46. The molecule has 1 atom stereocenters. The number of aromatic amines is 1. The molecule has 0 fully saturated rings. The molecule has 0 saturated carbocycles. The first-order valence-electron chi connectivity index (χ1n) is 6.57. The lowest BCUT2D eigenvalue weighted by atomic mass is 9.94. The van der Waals surface area contributed by atoms with Gasteiger partial charge in [-0.2, -0.15) is 10.2 Å². The van der Waals surface area contributed by atoms with E-state index in [1.54, 1.807) is 14.0 Å². The van der Waals surface area contributed by atoms with Gasteiger partial charge in [-0.3, -0.25) is 14.6 Å². The van der Waals surface area contributed by atoms with Gasteiger partial charge in [0.15, 0.2) is 0 Å². The van der Waals surface area contributed by atoms with Crippen LogP contribution in [0.15, 0.2) is 6.20 Å². The first kappa shape index (κ1) is 13.2. The highest BCUT2D eigenvalue weighted by Gasteiger charge is 2.25. The number of H-pyrrole nitrogens is 1. The fourth-order valence-corrected chi connectivity index (χ4v) is 2.91. The van der Waals surface area contributed by atoms with Gasteiger partial charge in [-0.15, -0.1) is 0 Å². The Morgan fingerprint density at radius 1 is 1.60 bits per heavy atom. The van der Waals surface area contributed by atoms with Crippen molar-refractivity contribution >= 4 is 17.5 Å². The molecule has 2 aromatic rings. The van der Waals surface area contributed by atoms with E-state index in [1.165, 1.54) is 10.2 Å². The molecule has 0 unspecified atom stereocenters. The smallest absolute Gasteiger partial charge is 0.271 e. The normalized spacial score (nSPS) is 17.9. The van der Waals surface area contributed by atoms with Crippen LogP contribution in [-0.4, -0.2) is 31.9 Å². The molecule has 20 heavy (non-hydrogen) atoms. The Labute approximate surface area is 121 Å². The first-order chi connectivity index (χ1) is 9.56. The molecule has 3 rings (SSSR count). The lowest BCUT2D eigenvalue weighted by Gasteiger charge is -2.22. The van der Waals surface area contributed by atoms with Gasteiger partial charge in [0.25, 0.3) is 5.91 Å². The Hall–Kier alpha value is -1.82. The molecule has 2 heterocycles. The second-order valence-electron chi connectivity index (χ2n) is 5.16. The van der Waals surface area contributed by atoms with Gasteiger partial charge < -0.3 is 5.32 Å². The summed E-state index contributed by atoms with van der Waals surface area (Å²) in [6.45, 7) is 1.79. The molecule has 1 aliphatic rings. The zero-order chi connectivity index (χ0) is 14.3. The van der Waals surface area contributed by atoms with Crippen molar-refractivity contribution in [2.45, 2.75) is 32.2 Å². The van der Waals surface area contributed by atoms with E-state index in [2.05, 4.69) is 20.6 Å². The number of aromatic nitrogens is 4. The quantitative estimate of drug-likeness (QED) is 0.878. The summed E-state index contributed by atoms with van der Waals surface area (Å²) in [7, 11) is 1.72. The summed E-state index contributed by atoms with van der Waals surface area (Å²) in [5.41, 5.74) is 3.43. The van der Waals surface area contributed by atoms with E-state index in [9.17, 15) is 4.79 Å². The van der Waals surface area contributed by atoms with Crippen LogP contribution in [0.1, 0.15) is 33.9 Å². The molecule has 6 nitrogen and oxygen atoms in total. The average Bonchev–Trinajstić information content (AvgIpc) is 2.94. The molecule has 2 aromatic heterocycles. The number of nitrogens with zero attached hydrogens (tertiary/aromatic N) is 3. The minimum absolute atomic E-state index is 0.0988.